The number of hydrogen-bond acceptors (Lipinski definition) is 4. The van der Waals surface area contributed by atoms with E-state index in [0.717, 1.165) is 12.0 Å². The van der Waals surface area contributed by atoms with Gasteiger partial charge in [-0.2, -0.15) is 0 Å². The van der Waals surface area contributed by atoms with Crippen LogP contribution in [0.15, 0.2) is 29.2 Å². The van der Waals surface area contributed by atoms with Crippen LogP contribution in [0.4, 0.5) is 0 Å². The van der Waals surface area contributed by atoms with Gasteiger partial charge in [0.15, 0.2) is 0 Å². The fourth-order valence-corrected chi connectivity index (χ4v) is 2.94. The molecule has 5 nitrogen and oxygen atoms in total. The molecule has 0 heterocycles. The van der Waals surface area contributed by atoms with Gasteiger partial charge in [-0.05, 0) is 30.0 Å². The van der Waals surface area contributed by atoms with Crippen LogP contribution < -0.4 is 4.72 Å². The number of esters is 1. The summed E-state index contributed by atoms with van der Waals surface area (Å²) in [6, 6.07) is 6.83. The molecule has 0 unspecified atom stereocenters. The average Bonchev–Trinajstić information content (AvgIpc) is 2.51. The van der Waals surface area contributed by atoms with Crippen molar-refractivity contribution in [3.63, 3.8) is 0 Å². The molecule has 1 aromatic rings. The lowest BCUT2D eigenvalue weighted by molar-refractivity contribution is -0.144. The van der Waals surface area contributed by atoms with E-state index >= 15 is 0 Å². The summed E-state index contributed by atoms with van der Waals surface area (Å²) < 4.78 is 31.3. The Balaban J connectivity index is 2.77. The van der Waals surface area contributed by atoms with Crippen molar-refractivity contribution in [3.05, 3.63) is 29.8 Å². The van der Waals surface area contributed by atoms with E-state index in [1.54, 1.807) is 19.1 Å². The summed E-state index contributed by atoms with van der Waals surface area (Å²) in [6.07, 6.45) is 1.00. The second-order valence-electron chi connectivity index (χ2n) is 5.15. The zero-order valence-electron chi connectivity index (χ0n) is 12.9. The van der Waals surface area contributed by atoms with Crippen molar-refractivity contribution in [1.29, 1.82) is 0 Å². The third-order valence-corrected chi connectivity index (χ3v) is 4.99. The van der Waals surface area contributed by atoms with Gasteiger partial charge in [-0.3, -0.25) is 4.79 Å². The van der Waals surface area contributed by atoms with Crippen molar-refractivity contribution in [3.8, 4) is 0 Å². The lowest BCUT2D eigenvalue weighted by atomic mass is 9.99. The van der Waals surface area contributed by atoms with E-state index in [0.29, 0.717) is 5.92 Å². The van der Waals surface area contributed by atoms with Gasteiger partial charge in [0, 0.05) is 6.54 Å². The van der Waals surface area contributed by atoms with Crippen LogP contribution in [0.2, 0.25) is 0 Å². The third-order valence-electron chi connectivity index (χ3n) is 3.55. The Labute approximate surface area is 126 Å². The predicted octanol–water partition coefficient (Wildman–Crippen LogP) is 2.29. The van der Waals surface area contributed by atoms with E-state index in [4.69, 9.17) is 0 Å². The highest BCUT2D eigenvalue weighted by atomic mass is 32.2. The molecule has 2 atom stereocenters. The number of ether oxygens (including phenoxy) is 1. The Morgan fingerprint density at radius 3 is 2.29 bits per heavy atom. The Morgan fingerprint density at radius 1 is 1.24 bits per heavy atom. The normalized spacial score (nSPS) is 14.5. The van der Waals surface area contributed by atoms with E-state index in [2.05, 4.69) is 23.3 Å². The topological polar surface area (TPSA) is 72.5 Å². The first kappa shape index (κ1) is 17.7. The first-order valence-corrected chi connectivity index (χ1v) is 8.47. The third kappa shape index (κ3) is 4.82. The average molecular weight is 313 g/mol. The summed E-state index contributed by atoms with van der Waals surface area (Å²) in [5.74, 6) is -0.567. The van der Waals surface area contributed by atoms with E-state index in [1.807, 2.05) is 12.1 Å². The van der Waals surface area contributed by atoms with Gasteiger partial charge in [-0.25, -0.2) is 13.1 Å². The first-order valence-electron chi connectivity index (χ1n) is 6.99. The van der Waals surface area contributed by atoms with Crippen LogP contribution in [-0.4, -0.2) is 28.0 Å². The molecule has 0 aliphatic carbocycles. The van der Waals surface area contributed by atoms with Crippen LogP contribution in [0.3, 0.4) is 0 Å². The summed E-state index contributed by atoms with van der Waals surface area (Å²) in [5.41, 5.74) is 1.11. The molecule has 1 aromatic carbocycles. The molecule has 0 spiro atoms. The van der Waals surface area contributed by atoms with Crippen LogP contribution in [0.1, 0.15) is 38.7 Å². The zero-order chi connectivity index (χ0) is 16.0. The smallest absolute Gasteiger partial charge is 0.309 e. The maximum Gasteiger partial charge on any atom is 0.309 e. The highest BCUT2D eigenvalue weighted by molar-refractivity contribution is 7.89. The molecule has 1 N–H and O–H groups in total. The second kappa shape index (κ2) is 7.56. The van der Waals surface area contributed by atoms with Crippen LogP contribution in [0.25, 0.3) is 0 Å². The van der Waals surface area contributed by atoms with Gasteiger partial charge in [0.05, 0.1) is 17.9 Å². The molecule has 118 valence electrons. The summed E-state index contributed by atoms with van der Waals surface area (Å²) in [5, 5.41) is 0. The first-order chi connectivity index (χ1) is 9.81. The van der Waals surface area contributed by atoms with Crippen molar-refractivity contribution in [1.82, 2.24) is 4.72 Å². The molecule has 21 heavy (non-hydrogen) atoms. The number of rotatable bonds is 7. The summed E-state index contributed by atoms with van der Waals surface area (Å²) in [7, 11) is -2.33. The zero-order valence-corrected chi connectivity index (χ0v) is 13.7. The maximum absolute atomic E-state index is 12.1. The summed E-state index contributed by atoms with van der Waals surface area (Å²) >= 11 is 0. The number of sulfonamides is 1. The predicted molar refractivity (Wildman–Crippen MR) is 81.5 cm³/mol. The highest BCUT2D eigenvalue weighted by Gasteiger charge is 2.19. The number of methoxy groups -OCH3 is 1. The van der Waals surface area contributed by atoms with E-state index < -0.39 is 21.9 Å². The second-order valence-corrected chi connectivity index (χ2v) is 6.92. The Kier molecular flexibility index (Phi) is 6.36. The van der Waals surface area contributed by atoms with Gasteiger partial charge in [-0.15, -0.1) is 0 Å². The number of hydrogen-bond donors (Lipinski definition) is 1. The highest BCUT2D eigenvalue weighted by Crippen LogP contribution is 2.20. The van der Waals surface area contributed by atoms with Gasteiger partial charge in [0.25, 0.3) is 0 Å². The molecule has 0 saturated heterocycles. The van der Waals surface area contributed by atoms with Crippen molar-refractivity contribution >= 4 is 16.0 Å². The Bertz CT molecular complexity index is 566. The molecule has 0 fully saturated rings. The summed E-state index contributed by atoms with van der Waals surface area (Å²) in [6.45, 7) is 5.81. The molecule has 0 aliphatic rings. The van der Waals surface area contributed by atoms with Crippen molar-refractivity contribution < 1.29 is 17.9 Å². The Hall–Kier alpha value is -1.40. The van der Waals surface area contributed by atoms with Crippen LogP contribution in [0.5, 0.6) is 0 Å². The molecule has 0 saturated carbocycles. The Morgan fingerprint density at radius 2 is 1.81 bits per heavy atom. The monoisotopic (exact) mass is 313 g/mol. The fourth-order valence-electron chi connectivity index (χ4n) is 1.81. The minimum absolute atomic E-state index is 0.0160. The maximum atomic E-state index is 12.1. The SMILES string of the molecule is CC[C@@H](C)c1ccc(S(=O)(=O)NC[C@H](C)C(=O)OC)cc1. The lowest BCUT2D eigenvalue weighted by Crippen LogP contribution is -2.32. The number of benzene rings is 1. The van der Waals surface area contributed by atoms with Gasteiger partial charge < -0.3 is 4.74 Å². The molecule has 0 aliphatic heterocycles. The minimum Gasteiger partial charge on any atom is -0.469 e. The molecule has 0 aromatic heterocycles. The quantitative estimate of drug-likeness (QED) is 0.784. The van der Waals surface area contributed by atoms with Crippen molar-refractivity contribution in [2.45, 2.75) is 38.0 Å². The molecule has 0 bridgehead atoms. The van der Waals surface area contributed by atoms with Crippen molar-refractivity contribution in [2.75, 3.05) is 13.7 Å². The van der Waals surface area contributed by atoms with Gasteiger partial charge >= 0.3 is 5.97 Å². The standard InChI is InChI=1S/C15H23NO4S/c1-5-11(2)13-6-8-14(9-7-13)21(18,19)16-10-12(3)15(17)20-4/h6-9,11-12,16H,5,10H2,1-4H3/t11-,12+/m1/s1. The van der Waals surface area contributed by atoms with Crippen LogP contribution in [0, 0.1) is 5.92 Å². The lowest BCUT2D eigenvalue weighted by Gasteiger charge is -2.12. The molecule has 0 amide bonds. The number of carbonyl (C=O) groups excluding carboxylic acids is 1. The molecule has 1 rings (SSSR count). The summed E-state index contributed by atoms with van der Waals surface area (Å²) in [4.78, 5) is 11.5. The van der Waals surface area contributed by atoms with Crippen LogP contribution >= 0.6 is 0 Å². The van der Waals surface area contributed by atoms with E-state index in [9.17, 15) is 13.2 Å². The fraction of sp³-hybridized carbons (Fsp3) is 0.533. The van der Waals surface area contributed by atoms with Gasteiger partial charge in [0.1, 0.15) is 0 Å². The van der Waals surface area contributed by atoms with E-state index in [1.165, 1.54) is 7.11 Å². The number of nitrogens with one attached hydrogen (secondary N) is 1. The van der Waals surface area contributed by atoms with E-state index in [-0.39, 0.29) is 11.4 Å². The minimum atomic E-state index is -3.60. The largest absolute Gasteiger partial charge is 0.469 e. The van der Waals surface area contributed by atoms with Crippen LogP contribution in [-0.2, 0) is 19.6 Å². The number of carbonyl (C=O) groups is 1. The van der Waals surface area contributed by atoms with Gasteiger partial charge in [-0.1, -0.05) is 32.9 Å². The molecular weight excluding hydrogens is 290 g/mol. The van der Waals surface area contributed by atoms with Gasteiger partial charge in [0.2, 0.25) is 10.0 Å². The molecule has 6 heteroatoms. The van der Waals surface area contributed by atoms with Crippen molar-refractivity contribution in [2.24, 2.45) is 5.92 Å². The molecule has 0 radical (unpaired) electrons. The molecular formula is C15H23NO4S.